The van der Waals surface area contributed by atoms with Crippen molar-refractivity contribution in [3.05, 3.63) is 24.3 Å². The number of para-hydroxylation sites is 2. The maximum atomic E-state index is 6.15. The highest BCUT2D eigenvalue weighted by Crippen LogP contribution is 2.23. The molecule has 0 amide bonds. The molecule has 0 atom stereocenters. The summed E-state index contributed by atoms with van der Waals surface area (Å²) in [5.41, 5.74) is 7.67. The Hall–Kier alpha value is -1.30. The predicted octanol–water partition coefficient (Wildman–Crippen LogP) is 2.68. The van der Waals surface area contributed by atoms with Crippen LogP contribution in [-0.2, 0) is 0 Å². The van der Waals surface area contributed by atoms with Gasteiger partial charge in [0.15, 0.2) is 0 Å². The standard InChI is InChI=1S/C20H35N5/c21-19-10-4-5-11-20(19)25(22)13-7-6-12-23-14-16-24(17-15-23)18-8-2-1-3-9-18/h4-5,10-11,18H,1-3,6-9,12-17,21-22H2. The third-order valence-corrected chi connectivity index (χ3v) is 5.87. The molecule has 0 radical (unpaired) electrons. The number of anilines is 2. The van der Waals surface area contributed by atoms with Crippen molar-refractivity contribution in [1.82, 2.24) is 9.80 Å². The Morgan fingerprint density at radius 3 is 2.40 bits per heavy atom. The molecule has 5 heteroatoms. The molecule has 0 spiro atoms. The third kappa shape index (κ3) is 5.33. The van der Waals surface area contributed by atoms with Gasteiger partial charge in [0.2, 0.25) is 0 Å². The molecule has 0 unspecified atom stereocenters. The van der Waals surface area contributed by atoms with Gasteiger partial charge in [-0.25, -0.2) is 5.84 Å². The van der Waals surface area contributed by atoms with E-state index in [1.54, 1.807) is 5.01 Å². The van der Waals surface area contributed by atoms with E-state index in [2.05, 4.69) is 9.80 Å². The van der Waals surface area contributed by atoms with E-state index in [1.807, 2.05) is 24.3 Å². The summed E-state index contributed by atoms with van der Waals surface area (Å²) in [6, 6.07) is 8.69. The van der Waals surface area contributed by atoms with Crippen molar-refractivity contribution in [3.63, 3.8) is 0 Å². The topological polar surface area (TPSA) is 61.8 Å². The van der Waals surface area contributed by atoms with E-state index in [0.717, 1.165) is 30.4 Å². The van der Waals surface area contributed by atoms with Crippen LogP contribution in [0.3, 0.4) is 0 Å². The van der Waals surface area contributed by atoms with Crippen molar-refractivity contribution >= 4 is 11.4 Å². The van der Waals surface area contributed by atoms with Gasteiger partial charge in [-0.2, -0.15) is 0 Å². The highest BCUT2D eigenvalue weighted by molar-refractivity contribution is 5.66. The molecule has 1 aromatic carbocycles. The molecular weight excluding hydrogens is 310 g/mol. The van der Waals surface area contributed by atoms with Gasteiger partial charge in [0.05, 0.1) is 11.4 Å². The van der Waals surface area contributed by atoms with Gasteiger partial charge >= 0.3 is 0 Å². The quantitative estimate of drug-likeness (QED) is 0.344. The molecule has 0 aromatic heterocycles. The van der Waals surface area contributed by atoms with Crippen LogP contribution < -0.4 is 16.6 Å². The fraction of sp³-hybridized carbons (Fsp3) is 0.700. The lowest BCUT2D eigenvalue weighted by Crippen LogP contribution is -2.50. The van der Waals surface area contributed by atoms with Gasteiger partial charge < -0.3 is 15.6 Å². The third-order valence-electron chi connectivity index (χ3n) is 5.87. The fourth-order valence-electron chi connectivity index (χ4n) is 4.29. The maximum absolute atomic E-state index is 6.15. The van der Waals surface area contributed by atoms with Crippen LogP contribution in [0.2, 0.25) is 0 Å². The number of unbranched alkanes of at least 4 members (excludes halogenated alkanes) is 1. The molecule has 3 rings (SSSR count). The average Bonchev–Trinajstić information content (AvgIpc) is 2.66. The number of nitrogens with two attached hydrogens (primary N) is 2. The number of hydrogen-bond donors (Lipinski definition) is 2. The maximum Gasteiger partial charge on any atom is 0.0746 e. The number of nitrogens with zero attached hydrogens (tertiary/aromatic N) is 3. The van der Waals surface area contributed by atoms with Crippen molar-refractivity contribution in [2.45, 2.75) is 51.0 Å². The average molecular weight is 346 g/mol. The molecule has 25 heavy (non-hydrogen) atoms. The zero-order valence-corrected chi connectivity index (χ0v) is 15.6. The molecule has 1 aromatic rings. The highest BCUT2D eigenvalue weighted by Gasteiger charge is 2.24. The summed E-state index contributed by atoms with van der Waals surface area (Å²) in [6.07, 6.45) is 9.48. The monoisotopic (exact) mass is 345 g/mol. The Morgan fingerprint density at radius 1 is 0.960 bits per heavy atom. The van der Waals surface area contributed by atoms with Gasteiger partial charge in [0.25, 0.3) is 0 Å². The first-order valence-electron chi connectivity index (χ1n) is 10.1. The molecule has 2 fully saturated rings. The number of hydrazine groups is 1. The van der Waals surface area contributed by atoms with Crippen LogP contribution in [0, 0.1) is 0 Å². The van der Waals surface area contributed by atoms with Crippen molar-refractivity contribution in [2.24, 2.45) is 5.84 Å². The smallest absolute Gasteiger partial charge is 0.0746 e. The molecule has 4 N–H and O–H groups in total. The van der Waals surface area contributed by atoms with Crippen LogP contribution in [-0.4, -0.2) is 55.1 Å². The molecule has 1 saturated heterocycles. The van der Waals surface area contributed by atoms with Crippen LogP contribution in [0.5, 0.6) is 0 Å². The van der Waals surface area contributed by atoms with Gasteiger partial charge in [-0.15, -0.1) is 0 Å². The zero-order chi connectivity index (χ0) is 17.5. The lowest BCUT2D eigenvalue weighted by atomic mass is 9.94. The minimum atomic E-state index is 0.754. The molecule has 140 valence electrons. The number of hydrogen-bond acceptors (Lipinski definition) is 5. The van der Waals surface area contributed by atoms with E-state index in [4.69, 9.17) is 11.6 Å². The molecule has 1 saturated carbocycles. The van der Waals surface area contributed by atoms with Gasteiger partial charge in [0.1, 0.15) is 0 Å². The largest absolute Gasteiger partial charge is 0.397 e. The SMILES string of the molecule is Nc1ccccc1N(N)CCCCN1CCN(C2CCCCC2)CC1. The van der Waals surface area contributed by atoms with E-state index in [0.29, 0.717) is 0 Å². The number of piperazine rings is 1. The van der Waals surface area contributed by atoms with E-state index in [1.165, 1.54) is 71.2 Å². The van der Waals surface area contributed by atoms with Crippen molar-refractivity contribution in [2.75, 3.05) is 50.0 Å². The zero-order valence-electron chi connectivity index (χ0n) is 15.6. The Labute approximate surface area is 152 Å². The minimum Gasteiger partial charge on any atom is -0.397 e. The lowest BCUT2D eigenvalue weighted by Gasteiger charge is -2.40. The normalized spacial score (nSPS) is 20.7. The van der Waals surface area contributed by atoms with Crippen LogP contribution in [0.15, 0.2) is 24.3 Å². The van der Waals surface area contributed by atoms with Gasteiger partial charge in [-0.1, -0.05) is 31.4 Å². The second-order valence-corrected chi connectivity index (χ2v) is 7.63. The summed E-state index contributed by atoms with van der Waals surface area (Å²) in [5.74, 6) is 6.15. The van der Waals surface area contributed by atoms with E-state index < -0.39 is 0 Å². The summed E-state index contributed by atoms with van der Waals surface area (Å²) in [4.78, 5) is 5.37. The molecule has 1 aliphatic heterocycles. The first-order valence-corrected chi connectivity index (χ1v) is 10.1. The Morgan fingerprint density at radius 2 is 1.68 bits per heavy atom. The second kappa shape index (κ2) is 9.41. The minimum absolute atomic E-state index is 0.754. The lowest BCUT2D eigenvalue weighted by molar-refractivity contribution is 0.0783. The Bertz CT molecular complexity index is 507. The number of rotatable bonds is 7. The first-order chi connectivity index (χ1) is 12.2. The van der Waals surface area contributed by atoms with Gasteiger partial charge in [-0.05, 0) is 44.4 Å². The molecule has 1 aliphatic carbocycles. The summed E-state index contributed by atoms with van der Waals surface area (Å²) in [5, 5.41) is 1.79. The number of benzene rings is 1. The molecule has 5 nitrogen and oxygen atoms in total. The number of nitrogen functional groups attached to an aromatic ring is 1. The summed E-state index contributed by atoms with van der Waals surface area (Å²) in [7, 11) is 0. The fourth-order valence-corrected chi connectivity index (χ4v) is 4.29. The summed E-state index contributed by atoms with van der Waals surface area (Å²) in [6.45, 7) is 7.03. The van der Waals surface area contributed by atoms with E-state index in [-0.39, 0.29) is 0 Å². The summed E-state index contributed by atoms with van der Waals surface area (Å²) < 4.78 is 0. The van der Waals surface area contributed by atoms with Crippen molar-refractivity contribution in [1.29, 1.82) is 0 Å². The van der Waals surface area contributed by atoms with Crippen LogP contribution in [0.4, 0.5) is 11.4 Å². The highest BCUT2D eigenvalue weighted by atomic mass is 15.4. The van der Waals surface area contributed by atoms with Gasteiger partial charge in [-0.3, -0.25) is 4.90 Å². The predicted molar refractivity (Wildman–Crippen MR) is 107 cm³/mol. The van der Waals surface area contributed by atoms with Gasteiger partial charge in [0, 0.05) is 38.8 Å². The molecule has 1 heterocycles. The first kappa shape index (κ1) is 18.5. The Balaban J connectivity index is 1.30. The second-order valence-electron chi connectivity index (χ2n) is 7.63. The van der Waals surface area contributed by atoms with Crippen LogP contribution in [0.1, 0.15) is 44.9 Å². The van der Waals surface area contributed by atoms with E-state index >= 15 is 0 Å². The van der Waals surface area contributed by atoms with Crippen LogP contribution >= 0.6 is 0 Å². The molecule has 0 bridgehead atoms. The van der Waals surface area contributed by atoms with Crippen LogP contribution in [0.25, 0.3) is 0 Å². The molecule has 2 aliphatic rings. The van der Waals surface area contributed by atoms with E-state index in [9.17, 15) is 0 Å². The molecular formula is C20H35N5. The van der Waals surface area contributed by atoms with Crippen molar-refractivity contribution < 1.29 is 0 Å². The summed E-state index contributed by atoms with van der Waals surface area (Å²) >= 11 is 0. The van der Waals surface area contributed by atoms with Crippen molar-refractivity contribution in [3.8, 4) is 0 Å². The Kier molecular flexibility index (Phi) is 6.96.